The zero-order valence-corrected chi connectivity index (χ0v) is 19.0. The van der Waals surface area contributed by atoms with Gasteiger partial charge in [-0.15, -0.1) is 0 Å². The van der Waals surface area contributed by atoms with Crippen LogP contribution in [0.3, 0.4) is 0 Å². The summed E-state index contributed by atoms with van der Waals surface area (Å²) in [5.74, 6) is 0.347. The van der Waals surface area contributed by atoms with Crippen LogP contribution in [-0.2, 0) is 13.2 Å². The molecule has 168 valence electrons. The average molecular weight is 461 g/mol. The fourth-order valence-corrected chi connectivity index (χ4v) is 5.03. The molecule has 0 aromatic heterocycles. The van der Waals surface area contributed by atoms with Gasteiger partial charge < -0.3 is 15.4 Å². The highest BCUT2D eigenvalue weighted by Gasteiger charge is 2.34. The molecule has 3 aromatic carbocycles. The number of halogens is 1. The minimum absolute atomic E-state index is 0.148. The number of nitrogens with two attached hydrogens (primary N) is 1. The Morgan fingerprint density at radius 1 is 1.03 bits per heavy atom. The molecular formula is C27H25ClN2O3. The highest BCUT2D eigenvalue weighted by molar-refractivity contribution is 6.33. The van der Waals surface area contributed by atoms with E-state index in [1.165, 1.54) is 12.8 Å². The van der Waals surface area contributed by atoms with Crippen molar-refractivity contribution in [1.82, 2.24) is 4.90 Å². The van der Waals surface area contributed by atoms with Crippen molar-refractivity contribution >= 4 is 23.4 Å². The van der Waals surface area contributed by atoms with Crippen molar-refractivity contribution in [3.63, 3.8) is 0 Å². The van der Waals surface area contributed by atoms with E-state index in [1.807, 2.05) is 53.4 Å². The molecule has 3 aromatic rings. The molecule has 1 aliphatic carbocycles. The molecule has 33 heavy (non-hydrogen) atoms. The van der Waals surface area contributed by atoms with Crippen molar-refractivity contribution in [1.29, 1.82) is 0 Å². The van der Waals surface area contributed by atoms with E-state index in [9.17, 15) is 9.59 Å². The van der Waals surface area contributed by atoms with Gasteiger partial charge >= 0.3 is 0 Å². The van der Waals surface area contributed by atoms with E-state index in [-0.39, 0.29) is 5.91 Å². The highest BCUT2D eigenvalue weighted by atomic mass is 35.5. The molecule has 1 aliphatic heterocycles. The molecule has 1 heterocycles. The number of rotatable bonds is 6. The summed E-state index contributed by atoms with van der Waals surface area (Å²) >= 11 is 6.08. The van der Waals surface area contributed by atoms with Crippen LogP contribution in [0.5, 0.6) is 5.75 Å². The molecule has 0 atom stereocenters. The highest BCUT2D eigenvalue weighted by Crippen LogP contribution is 2.33. The lowest BCUT2D eigenvalue weighted by atomic mass is 10.0. The van der Waals surface area contributed by atoms with Gasteiger partial charge in [-0.2, -0.15) is 0 Å². The zero-order valence-electron chi connectivity index (χ0n) is 18.2. The Morgan fingerprint density at radius 2 is 1.82 bits per heavy atom. The third-order valence-electron chi connectivity index (χ3n) is 6.57. The van der Waals surface area contributed by atoms with Gasteiger partial charge in [0.1, 0.15) is 12.4 Å². The molecule has 0 bridgehead atoms. The van der Waals surface area contributed by atoms with Crippen LogP contribution in [0.1, 0.15) is 57.5 Å². The summed E-state index contributed by atoms with van der Waals surface area (Å²) in [7, 11) is 0. The van der Waals surface area contributed by atoms with Gasteiger partial charge in [0.15, 0.2) is 0 Å². The maximum Gasteiger partial charge on any atom is 0.254 e. The molecule has 0 unspecified atom stereocenters. The SMILES string of the molecule is NC(=O)c1cc(-c2cccc(COc3ccc4c(c3)CN(C3CCCC3)C4=O)c2)ccc1Cl. The van der Waals surface area contributed by atoms with Crippen molar-refractivity contribution in [2.24, 2.45) is 5.73 Å². The molecule has 2 N–H and O–H groups in total. The largest absolute Gasteiger partial charge is 0.489 e. The normalized spacial score (nSPS) is 15.7. The second kappa shape index (κ2) is 8.91. The lowest BCUT2D eigenvalue weighted by Crippen LogP contribution is -2.33. The number of hydrogen-bond acceptors (Lipinski definition) is 3. The third kappa shape index (κ3) is 4.33. The van der Waals surface area contributed by atoms with Gasteiger partial charge in [-0.3, -0.25) is 9.59 Å². The summed E-state index contributed by atoms with van der Waals surface area (Å²) in [5, 5.41) is 0.340. The van der Waals surface area contributed by atoms with Crippen molar-refractivity contribution in [3.05, 3.63) is 87.9 Å². The van der Waals surface area contributed by atoms with E-state index >= 15 is 0 Å². The lowest BCUT2D eigenvalue weighted by Gasteiger charge is -2.23. The molecule has 1 fully saturated rings. The Bertz CT molecular complexity index is 1230. The van der Waals surface area contributed by atoms with Crippen LogP contribution in [0.25, 0.3) is 11.1 Å². The minimum Gasteiger partial charge on any atom is -0.489 e. The van der Waals surface area contributed by atoms with Gasteiger partial charge in [0.05, 0.1) is 10.6 Å². The van der Waals surface area contributed by atoms with Crippen molar-refractivity contribution < 1.29 is 14.3 Å². The number of carbonyl (C=O) groups excluding carboxylic acids is 2. The Labute approximate surface area is 198 Å². The monoisotopic (exact) mass is 460 g/mol. The van der Waals surface area contributed by atoms with E-state index in [1.54, 1.807) is 12.1 Å². The molecule has 2 aliphatic rings. The van der Waals surface area contributed by atoms with Gasteiger partial charge in [-0.05, 0) is 71.5 Å². The fraction of sp³-hybridized carbons (Fsp3) is 0.259. The smallest absolute Gasteiger partial charge is 0.254 e. The number of nitrogens with zero attached hydrogens (tertiary/aromatic N) is 1. The summed E-state index contributed by atoms with van der Waals surface area (Å²) in [6.07, 6.45) is 4.62. The lowest BCUT2D eigenvalue weighted by molar-refractivity contribution is 0.0706. The first-order valence-electron chi connectivity index (χ1n) is 11.2. The van der Waals surface area contributed by atoms with E-state index < -0.39 is 5.91 Å². The first kappa shape index (κ1) is 21.5. The van der Waals surface area contributed by atoms with Crippen LogP contribution in [0.2, 0.25) is 5.02 Å². The maximum atomic E-state index is 12.8. The quantitative estimate of drug-likeness (QED) is 0.521. The number of hydrogen-bond donors (Lipinski definition) is 1. The fourth-order valence-electron chi connectivity index (χ4n) is 4.82. The van der Waals surface area contributed by atoms with E-state index in [2.05, 4.69) is 0 Å². The Balaban J connectivity index is 1.30. The number of primary amides is 1. The topological polar surface area (TPSA) is 72.6 Å². The predicted octanol–water partition coefficient (Wildman–Crippen LogP) is 5.58. The Morgan fingerprint density at radius 3 is 2.61 bits per heavy atom. The first-order chi connectivity index (χ1) is 16.0. The van der Waals surface area contributed by atoms with E-state index in [0.29, 0.717) is 29.8 Å². The summed E-state index contributed by atoms with van der Waals surface area (Å²) in [5.41, 5.74) is 10.4. The van der Waals surface area contributed by atoms with Gasteiger partial charge in [0.2, 0.25) is 5.91 Å². The summed E-state index contributed by atoms with van der Waals surface area (Å²) in [6.45, 7) is 1.06. The molecule has 0 spiro atoms. The van der Waals surface area contributed by atoms with Crippen LogP contribution in [0.4, 0.5) is 0 Å². The number of fused-ring (bicyclic) bond motifs is 1. The Hall–Kier alpha value is -3.31. The molecule has 0 saturated heterocycles. The van der Waals surface area contributed by atoms with Gasteiger partial charge in [0, 0.05) is 18.2 Å². The van der Waals surface area contributed by atoms with Crippen molar-refractivity contribution in [2.75, 3.05) is 0 Å². The van der Waals surface area contributed by atoms with E-state index in [4.69, 9.17) is 22.1 Å². The second-order valence-corrected chi connectivity index (χ2v) is 9.15. The van der Waals surface area contributed by atoms with Crippen LogP contribution in [0.15, 0.2) is 60.7 Å². The Kier molecular flexibility index (Phi) is 5.81. The van der Waals surface area contributed by atoms with Crippen molar-refractivity contribution in [3.8, 4) is 16.9 Å². The minimum atomic E-state index is -0.553. The first-order valence-corrected chi connectivity index (χ1v) is 11.6. The predicted molar refractivity (Wildman–Crippen MR) is 128 cm³/mol. The summed E-state index contributed by atoms with van der Waals surface area (Å²) < 4.78 is 6.06. The number of benzene rings is 3. The molecular weight excluding hydrogens is 436 g/mol. The average Bonchev–Trinajstić information content (AvgIpc) is 3.46. The summed E-state index contributed by atoms with van der Waals surface area (Å²) in [6, 6.07) is 19.3. The standard InChI is InChI=1S/C27H25ClN2O3/c28-25-11-8-19(14-24(25)26(29)31)18-5-3-4-17(12-18)16-33-22-9-10-23-20(13-22)15-30(27(23)32)21-6-1-2-7-21/h3-5,8-14,21H,1-2,6-7,15-16H2,(H2,29,31). The maximum absolute atomic E-state index is 12.8. The van der Waals surface area contributed by atoms with Crippen LogP contribution in [-0.4, -0.2) is 22.8 Å². The number of ether oxygens (including phenoxy) is 1. The molecule has 2 amide bonds. The van der Waals surface area contributed by atoms with Crippen LogP contribution in [0, 0.1) is 0 Å². The van der Waals surface area contributed by atoms with Gasteiger partial charge in [0.25, 0.3) is 5.91 Å². The number of amides is 2. The third-order valence-corrected chi connectivity index (χ3v) is 6.90. The molecule has 0 radical (unpaired) electrons. The summed E-state index contributed by atoms with van der Waals surface area (Å²) in [4.78, 5) is 26.4. The molecule has 5 nitrogen and oxygen atoms in total. The van der Waals surface area contributed by atoms with Gasteiger partial charge in [-0.25, -0.2) is 0 Å². The molecule has 6 heteroatoms. The van der Waals surface area contributed by atoms with E-state index in [0.717, 1.165) is 46.4 Å². The number of carbonyl (C=O) groups is 2. The van der Waals surface area contributed by atoms with Crippen LogP contribution < -0.4 is 10.5 Å². The second-order valence-electron chi connectivity index (χ2n) is 8.74. The molecule has 1 saturated carbocycles. The molecule has 5 rings (SSSR count). The van der Waals surface area contributed by atoms with Gasteiger partial charge in [-0.1, -0.05) is 48.7 Å². The zero-order chi connectivity index (χ0) is 22.9. The van der Waals surface area contributed by atoms with Crippen molar-refractivity contribution in [2.45, 2.75) is 44.9 Å². The van der Waals surface area contributed by atoms with Crippen LogP contribution >= 0.6 is 11.6 Å².